The molecular weight excluding hydrogens is 280 g/mol. The summed E-state index contributed by atoms with van der Waals surface area (Å²) in [4.78, 5) is 11.8. The van der Waals surface area contributed by atoms with Crippen molar-refractivity contribution in [3.8, 4) is 5.75 Å². The van der Waals surface area contributed by atoms with Crippen LogP contribution >= 0.6 is 0 Å². The van der Waals surface area contributed by atoms with Crippen molar-refractivity contribution in [3.05, 3.63) is 23.8 Å². The molecule has 1 aromatic carbocycles. The van der Waals surface area contributed by atoms with E-state index in [0.717, 1.165) is 24.3 Å². The maximum atomic E-state index is 11.8. The molecule has 0 radical (unpaired) electrons. The van der Waals surface area contributed by atoms with Gasteiger partial charge >= 0.3 is 6.09 Å². The minimum absolute atomic E-state index is 0.319. The summed E-state index contributed by atoms with van der Waals surface area (Å²) in [6.45, 7) is 6.55. The summed E-state index contributed by atoms with van der Waals surface area (Å²) in [6, 6.07) is 6.06. The number of benzene rings is 1. The predicted molar refractivity (Wildman–Crippen MR) is 87.4 cm³/mol. The normalized spacial score (nSPS) is 18.6. The fourth-order valence-electron chi connectivity index (χ4n) is 2.62. The van der Waals surface area contributed by atoms with Crippen LogP contribution in [0.3, 0.4) is 0 Å². The highest BCUT2D eigenvalue weighted by Gasteiger charge is 2.20. The van der Waals surface area contributed by atoms with Crippen LogP contribution in [0.25, 0.3) is 0 Å². The summed E-state index contributed by atoms with van der Waals surface area (Å²) in [7, 11) is 1.65. The Bertz CT molecular complexity index is 517. The fraction of sp³-hybridized carbons (Fsp3) is 0.588. The standard InChI is InChI=1S/C17H26N2O3/c1-17(2,3)22-16(20)19-12-8-9-13(15(11-12)21-4)14-7-5-6-10-18-14/h8-9,11,14,18H,5-7,10H2,1-4H3,(H,19,20). The zero-order valence-corrected chi connectivity index (χ0v) is 13.9. The highest BCUT2D eigenvalue weighted by molar-refractivity contribution is 5.85. The van der Waals surface area contributed by atoms with Gasteiger partial charge in [0.25, 0.3) is 0 Å². The lowest BCUT2D eigenvalue weighted by molar-refractivity contribution is 0.0636. The number of anilines is 1. The van der Waals surface area contributed by atoms with E-state index in [1.165, 1.54) is 12.8 Å². The Labute approximate surface area is 132 Å². The minimum Gasteiger partial charge on any atom is -0.496 e. The molecule has 5 nitrogen and oxygen atoms in total. The molecule has 1 unspecified atom stereocenters. The van der Waals surface area contributed by atoms with Gasteiger partial charge in [0.1, 0.15) is 11.4 Å². The number of hydrogen-bond donors (Lipinski definition) is 2. The average molecular weight is 306 g/mol. The number of ether oxygens (including phenoxy) is 2. The predicted octanol–water partition coefficient (Wildman–Crippen LogP) is 3.86. The van der Waals surface area contributed by atoms with Gasteiger partial charge in [-0.05, 0) is 46.2 Å². The lowest BCUT2D eigenvalue weighted by atomic mass is 9.96. The Morgan fingerprint density at radius 1 is 1.32 bits per heavy atom. The third-order valence-electron chi connectivity index (χ3n) is 3.56. The number of amides is 1. The van der Waals surface area contributed by atoms with E-state index in [0.29, 0.717) is 11.7 Å². The van der Waals surface area contributed by atoms with Crippen molar-refractivity contribution in [2.24, 2.45) is 0 Å². The van der Waals surface area contributed by atoms with Crippen LogP contribution in [0.5, 0.6) is 5.75 Å². The molecule has 1 aliphatic heterocycles. The third-order valence-corrected chi connectivity index (χ3v) is 3.56. The Morgan fingerprint density at radius 3 is 2.68 bits per heavy atom. The molecule has 2 rings (SSSR count). The molecule has 22 heavy (non-hydrogen) atoms. The Balaban J connectivity index is 2.09. The maximum Gasteiger partial charge on any atom is 0.412 e. The van der Waals surface area contributed by atoms with Gasteiger partial charge in [-0.3, -0.25) is 5.32 Å². The van der Waals surface area contributed by atoms with Crippen molar-refractivity contribution in [1.82, 2.24) is 5.32 Å². The van der Waals surface area contributed by atoms with Gasteiger partial charge in [-0.2, -0.15) is 0 Å². The molecule has 0 spiro atoms. The molecule has 1 aromatic rings. The van der Waals surface area contributed by atoms with Gasteiger partial charge in [0.2, 0.25) is 0 Å². The van der Waals surface area contributed by atoms with E-state index >= 15 is 0 Å². The average Bonchev–Trinajstić information content (AvgIpc) is 2.46. The number of methoxy groups -OCH3 is 1. The van der Waals surface area contributed by atoms with E-state index in [-0.39, 0.29) is 0 Å². The van der Waals surface area contributed by atoms with Crippen LogP contribution in [0.2, 0.25) is 0 Å². The molecule has 1 atom stereocenters. The van der Waals surface area contributed by atoms with Crippen molar-refractivity contribution < 1.29 is 14.3 Å². The van der Waals surface area contributed by atoms with Crippen LogP contribution in [0, 0.1) is 0 Å². The second-order valence-corrected chi connectivity index (χ2v) is 6.59. The largest absolute Gasteiger partial charge is 0.496 e. The molecule has 1 saturated heterocycles. The smallest absolute Gasteiger partial charge is 0.412 e. The fourth-order valence-corrected chi connectivity index (χ4v) is 2.62. The molecule has 0 bridgehead atoms. The molecule has 0 saturated carbocycles. The van der Waals surface area contributed by atoms with Gasteiger partial charge in [0, 0.05) is 23.4 Å². The summed E-state index contributed by atoms with van der Waals surface area (Å²) in [5, 5.41) is 6.25. The molecule has 1 fully saturated rings. The zero-order valence-electron chi connectivity index (χ0n) is 13.9. The lowest BCUT2D eigenvalue weighted by Crippen LogP contribution is -2.28. The van der Waals surface area contributed by atoms with Gasteiger partial charge in [-0.1, -0.05) is 12.5 Å². The Morgan fingerprint density at radius 2 is 2.09 bits per heavy atom. The van der Waals surface area contributed by atoms with Crippen LogP contribution < -0.4 is 15.4 Å². The summed E-state index contributed by atoms with van der Waals surface area (Å²) in [6.07, 6.45) is 3.09. The monoisotopic (exact) mass is 306 g/mol. The molecule has 122 valence electrons. The summed E-state index contributed by atoms with van der Waals surface area (Å²) < 4.78 is 10.7. The molecule has 0 aromatic heterocycles. The second-order valence-electron chi connectivity index (χ2n) is 6.59. The molecule has 2 N–H and O–H groups in total. The number of nitrogens with one attached hydrogen (secondary N) is 2. The molecule has 0 aliphatic carbocycles. The van der Waals surface area contributed by atoms with Crippen LogP contribution in [-0.2, 0) is 4.74 Å². The quantitative estimate of drug-likeness (QED) is 0.890. The van der Waals surface area contributed by atoms with E-state index in [9.17, 15) is 4.79 Å². The minimum atomic E-state index is -0.514. The molecule has 1 heterocycles. The first-order valence-electron chi connectivity index (χ1n) is 7.80. The van der Waals surface area contributed by atoms with E-state index in [2.05, 4.69) is 10.6 Å². The summed E-state index contributed by atoms with van der Waals surface area (Å²) in [5.41, 5.74) is 1.29. The highest BCUT2D eigenvalue weighted by atomic mass is 16.6. The third kappa shape index (κ3) is 4.63. The van der Waals surface area contributed by atoms with Crippen molar-refractivity contribution in [2.45, 2.75) is 51.7 Å². The number of carbonyl (C=O) groups excluding carboxylic acids is 1. The maximum absolute atomic E-state index is 11.8. The Hall–Kier alpha value is -1.75. The van der Waals surface area contributed by atoms with Crippen molar-refractivity contribution in [1.29, 1.82) is 0 Å². The SMILES string of the molecule is COc1cc(NC(=O)OC(C)(C)C)ccc1C1CCCCN1. The number of rotatable bonds is 3. The first-order valence-corrected chi connectivity index (χ1v) is 7.80. The number of piperidine rings is 1. The van der Waals surface area contributed by atoms with Crippen LogP contribution in [0.15, 0.2) is 18.2 Å². The molecule has 1 aliphatic rings. The Kier molecular flexibility index (Phi) is 5.29. The van der Waals surface area contributed by atoms with Gasteiger partial charge in [0.05, 0.1) is 7.11 Å². The molecule has 5 heteroatoms. The lowest BCUT2D eigenvalue weighted by Gasteiger charge is -2.26. The number of hydrogen-bond acceptors (Lipinski definition) is 4. The zero-order chi connectivity index (χ0) is 16.2. The van der Waals surface area contributed by atoms with Crippen molar-refractivity contribution in [2.75, 3.05) is 19.0 Å². The second kappa shape index (κ2) is 7.01. The van der Waals surface area contributed by atoms with Gasteiger partial charge in [-0.15, -0.1) is 0 Å². The highest BCUT2D eigenvalue weighted by Crippen LogP contribution is 2.32. The van der Waals surface area contributed by atoms with Crippen molar-refractivity contribution in [3.63, 3.8) is 0 Å². The van der Waals surface area contributed by atoms with Gasteiger partial charge in [-0.25, -0.2) is 4.79 Å². The number of carbonyl (C=O) groups is 1. The van der Waals surface area contributed by atoms with E-state index in [1.807, 2.05) is 39.0 Å². The molecule has 1 amide bonds. The summed E-state index contributed by atoms with van der Waals surface area (Å²) in [5.74, 6) is 0.785. The van der Waals surface area contributed by atoms with Gasteiger partial charge in [0.15, 0.2) is 0 Å². The van der Waals surface area contributed by atoms with Gasteiger partial charge < -0.3 is 14.8 Å². The van der Waals surface area contributed by atoms with E-state index in [4.69, 9.17) is 9.47 Å². The topological polar surface area (TPSA) is 59.6 Å². The van der Waals surface area contributed by atoms with Crippen LogP contribution in [0.1, 0.15) is 51.6 Å². The van der Waals surface area contributed by atoms with E-state index in [1.54, 1.807) is 7.11 Å². The van der Waals surface area contributed by atoms with E-state index < -0.39 is 11.7 Å². The molecular formula is C17H26N2O3. The first-order chi connectivity index (χ1) is 10.4. The first kappa shape index (κ1) is 16.6. The van der Waals surface area contributed by atoms with Crippen molar-refractivity contribution >= 4 is 11.8 Å². The summed E-state index contributed by atoms with van der Waals surface area (Å²) >= 11 is 0. The van der Waals surface area contributed by atoms with Crippen LogP contribution in [-0.4, -0.2) is 25.3 Å². The van der Waals surface area contributed by atoms with Crippen LogP contribution in [0.4, 0.5) is 10.5 Å².